The quantitative estimate of drug-likeness (QED) is 0.581. The number of ether oxygens (including phenoxy) is 1. The van der Waals surface area contributed by atoms with Crippen LogP contribution in [0.25, 0.3) is 0 Å². The predicted octanol–water partition coefficient (Wildman–Crippen LogP) is 1.34. The van der Waals surface area contributed by atoms with E-state index in [2.05, 4.69) is 4.98 Å². The molecule has 2 heterocycles. The van der Waals surface area contributed by atoms with Crippen molar-refractivity contribution in [2.24, 2.45) is 0 Å². The standard InChI is InChI=1S/C16H18ClN2O8P/c1-9-7-19(16(22)18-15(9)21)14-6-12(13(8-20)25-14)27-28(23,24)26-11-5-3-2-4-10(11)17/h2-5,7,12-14,20H,6,8H2,1H3,(H,23,24)(H,18,21,22)/t12-,13+,14+/m0/s1. The maximum absolute atomic E-state index is 12.4. The van der Waals surface area contributed by atoms with E-state index >= 15 is 0 Å². The summed E-state index contributed by atoms with van der Waals surface area (Å²) < 4.78 is 29.2. The number of halogens is 1. The van der Waals surface area contributed by atoms with Crippen LogP contribution in [0.15, 0.2) is 40.1 Å². The molecule has 1 aromatic heterocycles. The van der Waals surface area contributed by atoms with Gasteiger partial charge in [0, 0.05) is 18.2 Å². The highest BCUT2D eigenvalue weighted by Crippen LogP contribution is 2.49. The van der Waals surface area contributed by atoms with E-state index in [0.29, 0.717) is 0 Å². The summed E-state index contributed by atoms with van der Waals surface area (Å²) in [5.41, 5.74) is -0.959. The molecule has 1 aliphatic heterocycles. The highest BCUT2D eigenvalue weighted by Gasteiger charge is 2.42. The number of nitrogens with zero attached hydrogens (tertiary/aromatic N) is 1. The third-order valence-electron chi connectivity index (χ3n) is 4.14. The van der Waals surface area contributed by atoms with Crippen molar-refractivity contribution >= 4 is 19.4 Å². The molecule has 1 fully saturated rings. The number of H-pyrrole nitrogens is 1. The van der Waals surface area contributed by atoms with E-state index in [1.165, 1.54) is 25.3 Å². The first-order valence-corrected chi connectivity index (χ1v) is 10.1. The van der Waals surface area contributed by atoms with E-state index in [9.17, 15) is 24.2 Å². The Morgan fingerprint density at radius 1 is 1.39 bits per heavy atom. The summed E-state index contributed by atoms with van der Waals surface area (Å²) in [6.07, 6.45) is -1.67. The van der Waals surface area contributed by atoms with E-state index in [0.717, 1.165) is 4.57 Å². The summed E-state index contributed by atoms with van der Waals surface area (Å²) in [5, 5.41) is 9.64. The molecule has 4 atom stereocenters. The van der Waals surface area contributed by atoms with Crippen LogP contribution in [0.1, 0.15) is 18.2 Å². The van der Waals surface area contributed by atoms with Crippen molar-refractivity contribution in [3.05, 3.63) is 61.9 Å². The van der Waals surface area contributed by atoms with Gasteiger partial charge in [-0.15, -0.1) is 0 Å². The molecule has 1 aromatic carbocycles. The maximum atomic E-state index is 12.4. The van der Waals surface area contributed by atoms with Gasteiger partial charge in [-0.3, -0.25) is 23.8 Å². The number of aliphatic hydroxyl groups excluding tert-OH is 1. The molecule has 1 unspecified atom stereocenters. The molecule has 0 aliphatic carbocycles. The molecule has 0 saturated carbocycles. The van der Waals surface area contributed by atoms with Crippen molar-refractivity contribution in [3.8, 4) is 5.75 Å². The SMILES string of the molecule is Cc1cn([C@H]2C[C@H](OP(=O)(O)Oc3ccccc3Cl)[C@@H](CO)O2)c(=O)[nH]c1=O. The number of aromatic amines is 1. The van der Waals surface area contributed by atoms with Crippen molar-refractivity contribution in [1.29, 1.82) is 0 Å². The minimum Gasteiger partial charge on any atom is -0.403 e. The second kappa shape index (κ2) is 8.20. The van der Waals surface area contributed by atoms with Crippen molar-refractivity contribution < 1.29 is 28.3 Å². The zero-order valence-corrected chi connectivity index (χ0v) is 16.3. The monoisotopic (exact) mass is 432 g/mol. The molecule has 0 bridgehead atoms. The lowest BCUT2D eigenvalue weighted by Crippen LogP contribution is -2.33. The molecular formula is C16H18ClN2O8P. The summed E-state index contributed by atoms with van der Waals surface area (Å²) in [6, 6.07) is 6.07. The molecule has 2 aromatic rings. The molecule has 1 aliphatic rings. The normalized spacial score (nSPS) is 24.1. The van der Waals surface area contributed by atoms with Crippen LogP contribution in [-0.2, 0) is 13.8 Å². The molecule has 3 N–H and O–H groups in total. The third kappa shape index (κ3) is 4.54. The smallest absolute Gasteiger partial charge is 0.403 e. The molecule has 1 saturated heterocycles. The number of phosphoric ester groups is 1. The van der Waals surface area contributed by atoms with Gasteiger partial charge in [0.1, 0.15) is 24.2 Å². The Bertz CT molecular complexity index is 1020. The first-order valence-electron chi connectivity index (χ1n) is 8.24. The predicted molar refractivity (Wildman–Crippen MR) is 98.5 cm³/mol. The number of hydrogen-bond acceptors (Lipinski definition) is 7. The van der Waals surface area contributed by atoms with E-state index in [4.69, 9.17) is 25.4 Å². The summed E-state index contributed by atoms with van der Waals surface area (Å²) >= 11 is 5.91. The van der Waals surface area contributed by atoms with Crippen LogP contribution in [0.4, 0.5) is 0 Å². The van der Waals surface area contributed by atoms with Crippen molar-refractivity contribution in [3.63, 3.8) is 0 Å². The minimum absolute atomic E-state index is 0.0347. The Hall–Kier alpha value is -1.94. The molecule has 0 amide bonds. The van der Waals surface area contributed by atoms with Gasteiger partial charge in [0.25, 0.3) is 5.56 Å². The van der Waals surface area contributed by atoms with E-state index in [1.54, 1.807) is 12.1 Å². The highest BCUT2D eigenvalue weighted by atomic mass is 35.5. The number of rotatable bonds is 6. The summed E-state index contributed by atoms with van der Waals surface area (Å²) in [5.74, 6) is -0.0431. The first kappa shape index (κ1) is 20.8. The lowest BCUT2D eigenvalue weighted by Gasteiger charge is -2.20. The van der Waals surface area contributed by atoms with Gasteiger partial charge in [-0.25, -0.2) is 9.36 Å². The van der Waals surface area contributed by atoms with Crippen molar-refractivity contribution in [1.82, 2.24) is 9.55 Å². The Kier molecular flexibility index (Phi) is 6.09. The molecule has 152 valence electrons. The fraction of sp³-hybridized carbons (Fsp3) is 0.375. The number of aromatic nitrogens is 2. The van der Waals surface area contributed by atoms with E-state index in [-0.39, 0.29) is 22.8 Å². The lowest BCUT2D eigenvalue weighted by molar-refractivity contribution is -0.0450. The second-order valence-corrected chi connectivity index (χ2v) is 7.90. The molecule has 0 spiro atoms. The Labute approximate surface area is 163 Å². The van der Waals surface area contributed by atoms with Gasteiger partial charge in [0.15, 0.2) is 0 Å². The fourth-order valence-electron chi connectivity index (χ4n) is 2.78. The fourth-order valence-corrected chi connectivity index (χ4v) is 4.02. The van der Waals surface area contributed by atoms with E-state index in [1.807, 2.05) is 0 Å². The Balaban J connectivity index is 1.78. The Morgan fingerprint density at radius 3 is 2.79 bits per heavy atom. The van der Waals surface area contributed by atoms with Crippen molar-refractivity contribution in [2.75, 3.05) is 6.61 Å². The number of para-hydroxylation sites is 1. The van der Waals surface area contributed by atoms with Gasteiger partial charge in [0.05, 0.1) is 11.6 Å². The number of hydrogen-bond donors (Lipinski definition) is 3. The van der Waals surface area contributed by atoms with Gasteiger partial charge < -0.3 is 14.4 Å². The molecule has 0 radical (unpaired) electrons. The minimum atomic E-state index is -4.61. The van der Waals surface area contributed by atoms with Crippen LogP contribution >= 0.6 is 19.4 Å². The van der Waals surface area contributed by atoms with Gasteiger partial charge in [0.2, 0.25) is 0 Å². The van der Waals surface area contributed by atoms with Gasteiger partial charge in [-0.1, -0.05) is 23.7 Å². The highest BCUT2D eigenvalue weighted by molar-refractivity contribution is 7.47. The van der Waals surface area contributed by atoms with Crippen molar-refractivity contribution in [2.45, 2.75) is 31.8 Å². The van der Waals surface area contributed by atoms with E-state index < -0.39 is 44.1 Å². The maximum Gasteiger partial charge on any atom is 0.527 e. The summed E-state index contributed by atoms with van der Waals surface area (Å²) in [6.45, 7) is 0.991. The number of benzene rings is 1. The molecular weight excluding hydrogens is 415 g/mol. The number of phosphoric acid groups is 1. The average Bonchev–Trinajstić information content (AvgIpc) is 3.01. The zero-order chi connectivity index (χ0) is 20.5. The topological polar surface area (TPSA) is 140 Å². The zero-order valence-electron chi connectivity index (χ0n) is 14.6. The van der Waals surface area contributed by atoms with Crippen LogP contribution in [0.5, 0.6) is 5.75 Å². The lowest BCUT2D eigenvalue weighted by atomic mass is 10.2. The number of nitrogens with one attached hydrogen (secondary N) is 1. The average molecular weight is 433 g/mol. The van der Waals surface area contributed by atoms with Gasteiger partial charge >= 0.3 is 13.5 Å². The second-order valence-electron chi connectivity index (χ2n) is 6.16. The third-order valence-corrected chi connectivity index (χ3v) is 5.41. The summed E-state index contributed by atoms with van der Waals surface area (Å²) in [7, 11) is -4.61. The molecule has 12 heteroatoms. The van der Waals surface area contributed by atoms with Crippen LogP contribution < -0.4 is 15.8 Å². The van der Waals surface area contributed by atoms with Crippen LogP contribution in [-0.4, -0.2) is 38.4 Å². The molecule has 3 rings (SSSR count). The van der Waals surface area contributed by atoms with Crippen LogP contribution in [0.3, 0.4) is 0 Å². The Morgan fingerprint density at radius 2 is 2.11 bits per heavy atom. The summed E-state index contributed by atoms with van der Waals surface area (Å²) in [4.78, 5) is 35.7. The molecule has 10 nitrogen and oxygen atoms in total. The molecule has 28 heavy (non-hydrogen) atoms. The van der Waals surface area contributed by atoms with Gasteiger partial charge in [-0.05, 0) is 19.1 Å². The largest absolute Gasteiger partial charge is 0.527 e. The van der Waals surface area contributed by atoms with Crippen LogP contribution in [0, 0.1) is 6.92 Å². The number of aliphatic hydroxyl groups is 1. The first-order chi connectivity index (χ1) is 13.2. The number of aryl methyl sites for hydroxylation is 1. The van der Waals surface area contributed by atoms with Crippen LogP contribution in [0.2, 0.25) is 5.02 Å². The van der Waals surface area contributed by atoms with Gasteiger partial charge in [-0.2, -0.15) is 0 Å².